The zero-order chi connectivity index (χ0) is 24.4. The first kappa shape index (κ1) is 24.3. The Labute approximate surface area is 187 Å². The number of alkyl halides is 3. The summed E-state index contributed by atoms with van der Waals surface area (Å²) in [7, 11) is 0. The molecule has 9 heteroatoms. The molecule has 33 heavy (non-hydrogen) atoms. The van der Waals surface area contributed by atoms with Gasteiger partial charge in [-0.1, -0.05) is 12.1 Å². The molecule has 0 bridgehead atoms. The van der Waals surface area contributed by atoms with Crippen molar-refractivity contribution in [1.82, 2.24) is 9.55 Å². The van der Waals surface area contributed by atoms with Gasteiger partial charge in [0.25, 0.3) is 5.56 Å². The number of hydrogen-bond acceptors (Lipinski definition) is 4. The minimum Gasteiger partial charge on any atom is -0.389 e. The van der Waals surface area contributed by atoms with E-state index >= 15 is 0 Å². The van der Waals surface area contributed by atoms with E-state index in [1.807, 2.05) is 0 Å². The molecule has 0 aliphatic rings. The summed E-state index contributed by atoms with van der Waals surface area (Å²) in [6.45, 7) is 2.97. The maximum Gasteiger partial charge on any atom is 0.416 e. The van der Waals surface area contributed by atoms with Gasteiger partial charge in [0.15, 0.2) is 5.78 Å². The van der Waals surface area contributed by atoms with Crippen molar-refractivity contribution in [2.45, 2.75) is 44.5 Å². The first-order valence-electron chi connectivity index (χ1n) is 10.1. The average Bonchev–Trinajstić information content (AvgIpc) is 2.72. The van der Waals surface area contributed by atoms with E-state index in [1.165, 1.54) is 61.1 Å². The van der Waals surface area contributed by atoms with Crippen LogP contribution in [0.25, 0.3) is 0 Å². The van der Waals surface area contributed by atoms with Crippen LogP contribution in [0.2, 0.25) is 0 Å². The van der Waals surface area contributed by atoms with Crippen molar-refractivity contribution in [1.29, 1.82) is 0 Å². The molecule has 0 saturated carbocycles. The molecule has 0 fully saturated rings. The van der Waals surface area contributed by atoms with E-state index in [2.05, 4.69) is 4.98 Å². The third kappa shape index (κ3) is 6.13. The molecule has 2 aromatic heterocycles. The summed E-state index contributed by atoms with van der Waals surface area (Å²) in [5.41, 5.74) is -2.12. The third-order valence-electron chi connectivity index (χ3n) is 5.01. The summed E-state index contributed by atoms with van der Waals surface area (Å²) in [6.07, 6.45) is -2.18. The number of benzene rings is 1. The lowest BCUT2D eigenvalue weighted by Gasteiger charge is -2.20. The average molecular weight is 462 g/mol. The van der Waals surface area contributed by atoms with E-state index in [0.717, 1.165) is 18.2 Å². The van der Waals surface area contributed by atoms with E-state index in [1.54, 1.807) is 0 Å². The van der Waals surface area contributed by atoms with Gasteiger partial charge in [-0.2, -0.15) is 13.2 Å². The second-order valence-corrected chi connectivity index (χ2v) is 8.37. The van der Waals surface area contributed by atoms with Gasteiger partial charge in [-0.3, -0.25) is 14.6 Å². The number of aromatic nitrogens is 2. The molecule has 0 unspecified atom stereocenters. The van der Waals surface area contributed by atoms with Crippen molar-refractivity contribution in [2.75, 3.05) is 0 Å². The fourth-order valence-electron chi connectivity index (χ4n) is 3.47. The van der Waals surface area contributed by atoms with Gasteiger partial charge in [0.2, 0.25) is 0 Å². The Morgan fingerprint density at radius 1 is 1.09 bits per heavy atom. The fourth-order valence-corrected chi connectivity index (χ4v) is 3.47. The fraction of sp³-hybridized carbons (Fsp3) is 0.292. The molecule has 0 spiro atoms. The molecule has 0 radical (unpaired) electrons. The number of pyridine rings is 2. The highest BCUT2D eigenvalue weighted by Crippen LogP contribution is 2.33. The van der Waals surface area contributed by atoms with E-state index in [0.29, 0.717) is 5.56 Å². The van der Waals surface area contributed by atoms with Gasteiger partial charge >= 0.3 is 6.18 Å². The molecule has 3 rings (SSSR count). The molecule has 1 atom stereocenters. The van der Waals surface area contributed by atoms with Crippen LogP contribution in [0, 0.1) is 5.82 Å². The quantitative estimate of drug-likeness (QED) is 0.412. The highest BCUT2D eigenvalue weighted by Gasteiger charge is 2.31. The Bertz CT molecular complexity index is 1200. The van der Waals surface area contributed by atoms with Gasteiger partial charge < -0.3 is 9.67 Å². The Kier molecular flexibility index (Phi) is 6.83. The number of carbonyl (C=O) groups is 1. The summed E-state index contributed by atoms with van der Waals surface area (Å²) in [5, 5.41) is 10.0. The molecule has 0 saturated heterocycles. The number of rotatable bonds is 7. The van der Waals surface area contributed by atoms with Crippen LogP contribution in [0.1, 0.15) is 53.4 Å². The molecular weight excluding hydrogens is 440 g/mol. The molecule has 5 nitrogen and oxygen atoms in total. The number of aliphatic hydroxyl groups is 1. The van der Waals surface area contributed by atoms with Crippen molar-refractivity contribution >= 4 is 5.78 Å². The molecule has 174 valence electrons. The number of carbonyl (C=O) groups excluding carboxylic acids is 1. The van der Waals surface area contributed by atoms with Gasteiger partial charge in [-0.05, 0) is 49.7 Å². The Hall–Kier alpha value is -3.33. The van der Waals surface area contributed by atoms with Gasteiger partial charge in [0, 0.05) is 36.4 Å². The first-order chi connectivity index (χ1) is 15.3. The highest BCUT2D eigenvalue weighted by molar-refractivity contribution is 5.96. The van der Waals surface area contributed by atoms with Crippen LogP contribution in [-0.4, -0.2) is 26.0 Å². The minimum absolute atomic E-state index is 0.0514. The summed E-state index contributed by atoms with van der Waals surface area (Å²) < 4.78 is 54.6. The third-order valence-corrected chi connectivity index (χ3v) is 5.01. The van der Waals surface area contributed by atoms with Gasteiger partial charge in [-0.25, -0.2) is 4.39 Å². The van der Waals surface area contributed by atoms with E-state index < -0.39 is 40.4 Å². The maximum absolute atomic E-state index is 14.5. The molecule has 0 amide bonds. The summed E-state index contributed by atoms with van der Waals surface area (Å²) in [6, 6.07) is 9.19. The SMILES string of the molecule is CC(C)(O)Cn1cc(C(=O)C[C@@H](c2ccc(C(F)(F)F)cc2)c2ncccc2F)ccc1=O. The lowest BCUT2D eigenvalue weighted by atomic mass is 9.88. The maximum atomic E-state index is 14.5. The summed E-state index contributed by atoms with van der Waals surface area (Å²) in [5.74, 6) is -2.10. The predicted molar refractivity (Wildman–Crippen MR) is 113 cm³/mol. The Morgan fingerprint density at radius 2 is 1.76 bits per heavy atom. The number of Topliss-reactive ketones (excluding diaryl/α,β-unsaturated/α-hetero) is 1. The molecule has 3 aromatic rings. The molecule has 2 heterocycles. The van der Waals surface area contributed by atoms with E-state index in [-0.39, 0.29) is 24.2 Å². The van der Waals surface area contributed by atoms with Crippen LogP contribution >= 0.6 is 0 Å². The van der Waals surface area contributed by atoms with E-state index in [9.17, 15) is 32.3 Å². The largest absolute Gasteiger partial charge is 0.416 e. The first-order valence-corrected chi connectivity index (χ1v) is 10.1. The number of halogens is 4. The lowest BCUT2D eigenvalue weighted by Crippen LogP contribution is -2.32. The second kappa shape index (κ2) is 9.27. The van der Waals surface area contributed by atoms with Crippen LogP contribution in [-0.2, 0) is 12.7 Å². The topological polar surface area (TPSA) is 72.2 Å². The van der Waals surface area contributed by atoms with Gasteiger partial charge in [-0.15, -0.1) is 0 Å². The van der Waals surface area contributed by atoms with Crippen molar-refractivity contribution in [2.24, 2.45) is 0 Å². The summed E-state index contributed by atoms with van der Waals surface area (Å²) in [4.78, 5) is 29.2. The monoisotopic (exact) mass is 462 g/mol. The Morgan fingerprint density at radius 3 is 2.33 bits per heavy atom. The van der Waals surface area contributed by atoms with Crippen LogP contribution < -0.4 is 5.56 Å². The van der Waals surface area contributed by atoms with E-state index in [4.69, 9.17) is 0 Å². The standard InChI is InChI=1S/C24H22F4N2O3/c1-23(2,33)14-30-13-16(7-10-21(30)32)20(31)12-18(22-19(25)4-3-11-29-22)15-5-8-17(9-6-15)24(26,27)28/h3-11,13,18,33H,12,14H2,1-2H3/t18-/m0/s1. The van der Waals surface area contributed by atoms with Crippen molar-refractivity contribution in [3.63, 3.8) is 0 Å². The van der Waals surface area contributed by atoms with Crippen molar-refractivity contribution < 1.29 is 27.5 Å². The molecule has 1 N–H and O–H groups in total. The second-order valence-electron chi connectivity index (χ2n) is 8.37. The van der Waals surface area contributed by atoms with Crippen LogP contribution in [0.3, 0.4) is 0 Å². The normalized spacial score (nSPS) is 13.1. The zero-order valence-electron chi connectivity index (χ0n) is 17.9. The van der Waals surface area contributed by atoms with Crippen LogP contribution in [0.4, 0.5) is 17.6 Å². The summed E-state index contributed by atoms with van der Waals surface area (Å²) >= 11 is 0. The molecule has 0 aliphatic heterocycles. The smallest absolute Gasteiger partial charge is 0.389 e. The minimum atomic E-state index is -4.53. The predicted octanol–water partition coefficient (Wildman–Crippen LogP) is 4.58. The van der Waals surface area contributed by atoms with Crippen molar-refractivity contribution in [3.8, 4) is 0 Å². The Balaban J connectivity index is 1.98. The highest BCUT2D eigenvalue weighted by atomic mass is 19.4. The number of nitrogens with zero attached hydrogens (tertiary/aromatic N) is 2. The number of ketones is 1. The van der Waals surface area contributed by atoms with Gasteiger partial charge in [0.1, 0.15) is 5.82 Å². The van der Waals surface area contributed by atoms with Crippen molar-refractivity contribution in [3.05, 3.63) is 99.5 Å². The van der Waals surface area contributed by atoms with Crippen LogP contribution in [0.5, 0.6) is 0 Å². The molecule has 1 aromatic carbocycles. The lowest BCUT2D eigenvalue weighted by molar-refractivity contribution is -0.137. The molecule has 0 aliphatic carbocycles. The zero-order valence-corrected chi connectivity index (χ0v) is 17.9. The molecular formula is C24H22F4N2O3. The number of hydrogen-bond donors (Lipinski definition) is 1. The van der Waals surface area contributed by atoms with Crippen LogP contribution in [0.15, 0.2) is 65.7 Å². The van der Waals surface area contributed by atoms with Gasteiger partial charge in [0.05, 0.1) is 23.4 Å².